The van der Waals surface area contributed by atoms with Crippen LogP contribution in [0, 0.1) is 11.8 Å². The molecule has 2 aliphatic rings. The van der Waals surface area contributed by atoms with E-state index in [0.29, 0.717) is 24.7 Å². The van der Waals surface area contributed by atoms with Crippen molar-refractivity contribution < 1.29 is 31.3 Å². The summed E-state index contributed by atoms with van der Waals surface area (Å²) in [6.45, 7) is 2.10. The number of allylic oxidation sites excluding steroid dienone is 1. The fraction of sp³-hybridized carbons (Fsp3) is 0.769. The van der Waals surface area contributed by atoms with Crippen LogP contribution in [0.25, 0.3) is 0 Å². The molecule has 3 unspecified atom stereocenters. The molecule has 3 atom stereocenters. The van der Waals surface area contributed by atoms with E-state index in [1.807, 2.05) is 0 Å². The normalized spacial score (nSPS) is 29.7. The topological polar surface area (TPSA) is 80.7 Å². The van der Waals surface area contributed by atoms with E-state index in [2.05, 4.69) is 13.0 Å². The Morgan fingerprint density at radius 1 is 1.43 bits per heavy atom. The summed E-state index contributed by atoms with van der Waals surface area (Å²) in [6, 6.07) is 0. The first-order valence-electron chi connectivity index (χ1n) is 6.81. The van der Waals surface area contributed by atoms with Crippen LogP contribution in [0.15, 0.2) is 11.6 Å². The summed E-state index contributed by atoms with van der Waals surface area (Å²) in [5.74, 6) is -0.468. The van der Waals surface area contributed by atoms with Crippen molar-refractivity contribution in [2.75, 3.05) is 0 Å². The molecule has 0 heterocycles. The minimum Gasteiger partial charge on any atom is -0.462 e. The van der Waals surface area contributed by atoms with Gasteiger partial charge in [-0.2, -0.15) is 17.2 Å². The second kappa shape index (κ2) is 5.64. The molecular weight excluding hydrogens is 306 g/mol. The number of carbonyl (C=O) groups excluding carboxylic acids is 1. The third-order valence-corrected chi connectivity index (χ3v) is 4.79. The number of alkyl halides is 2. The Kier molecular flexibility index (Phi) is 4.39. The van der Waals surface area contributed by atoms with Crippen LogP contribution in [0.1, 0.15) is 39.0 Å². The van der Waals surface area contributed by atoms with E-state index < -0.39 is 33.9 Å². The summed E-state index contributed by atoms with van der Waals surface area (Å²) >= 11 is 0. The highest BCUT2D eigenvalue weighted by Gasteiger charge is 2.47. The zero-order valence-corrected chi connectivity index (χ0v) is 12.4. The van der Waals surface area contributed by atoms with E-state index in [-0.39, 0.29) is 0 Å². The predicted molar refractivity (Wildman–Crippen MR) is 70.2 cm³/mol. The molecule has 0 radical (unpaired) electrons. The smallest absolute Gasteiger partial charge is 0.380 e. The Hall–Kier alpha value is -1.02. The lowest BCUT2D eigenvalue weighted by Gasteiger charge is -2.36. The summed E-state index contributed by atoms with van der Waals surface area (Å²) in [6.07, 6.45) is 2.98. The maximum Gasteiger partial charge on any atom is 0.380 e. The number of rotatable bonds is 4. The van der Waals surface area contributed by atoms with E-state index in [9.17, 15) is 22.0 Å². The molecule has 8 heteroatoms. The molecule has 21 heavy (non-hydrogen) atoms. The highest BCUT2D eigenvalue weighted by Crippen LogP contribution is 2.39. The highest BCUT2D eigenvalue weighted by atomic mass is 32.2. The Bertz CT molecular complexity index is 555. The van der Waals surface area contributed by atoms with Gasteiger partial charge in [0.25, 0.3) is 0 Å². The lowest BCUT2D eigenvalue weighted by Crippen LogP contribution is -2.35. The molecule has 120 valence electrons. The largest absolute Gasteiger partial charge is 0.462 e. The summed E-state index contributed by atoms with van der Waals surface area (Å²) in [7, 11) is -5.61. The third-order valence-electron chi connectivity index (χ3n) is 3.89. The van der Waals surface area contributed by atoms with Crippen molar-refractivity contribution in [2.45, 2.75) is 50.4 Å². The van der Waals surface area contributed by atoms with Gasteiger partial charge >= 0.3 is 21.3 Å². The Morgan fingerprint density at radius 3 is 2.67 bits per heavy atom. The number of fused-ring (bicyclic) bond motifs is 2. The van der Waals surface area contributed by atoms with Crippen LogP contribution in [0.4, 0.5) is 8.78 Å². The van der Waals surface area contributed by atoms with Gasteiger partial charge in [0.2, 0.25) is 0 Å². The lowest BCUT2D eigenvalue weighted by molar-refractivity contribution is -0.155. The molecule has 0 amide bonds. The molecule has 0 aromatic heterocycles. The van der Waals surface area contributed by atoms with Gasteiger partial charge in [0.05, 0.1) is 0 Å². The monoisotopic (exact) mass is 324 g/mol. The van der Waals surface area contributed by atoms with Crippen LogP contribution in [0.5, 0.6) is 0 Å². The van der Waals surface area contributed by atoms with Gasteiger partial charge in [0.1, 0.15) is 12.5 Å². The first-order valence-corrected chi connectivity index (χ1v) is 8.25. The van der Waals surface area contributed by atoms with Gasteiger partial charge in [-0.3, -0.25) is 9.35 Å². The maximum absolute atomic E-state index is 13.1. The molecule has 0 spiro atoms. The first kappa shape index (κ1) is 16.4. The molecule has 0 aromatic carbocycles. The molecule has 1 saturated carbocycles. The standard InChI is InChI=1S/C13H18F2O5S/c1-8-2-9-4-10(3-8)6-11(5-9)20-12(16)7-13(14,15)21(17,18)19/h2,8,10-11H,3-7H2,1H3,(H,17,18,19). The summed E-state index contributed by atoms with van der Waals surface area (Å²) < 4.78 is 60.4. The fourth-order valence-electron chi connectivity index (χ4n) is 3.17. The van der Waals surface area contributed by atoms with Gasteiger partial charge in [-0.25, -0.2) is 0 Å². The number of ether oxygens (including phenoxy) is 1. The third kappa shape index (κ3) is 4.00. The Balaban J connectivity index is 1.94. The van der Waals surface area contributed by atoms with Gasteiger partial charge in [-0.05, 0) is 31.1 Å². The summed E-state index contributed by atoms with van der Waals surface area (Å²) in [5, 5.41) is -4.51. The molecule has 2 aliphatic carbocycles. The van der Waals surface area contributed by atoms with E-state index >= 15 is 0 Å². The molecular formula is C13H18F2O5S. The van der Waals surface area contributed by atoms with Gasteiger partial charge in [-0.15, -0.1) is 0 Å². The van der Waals surface area contributed by atoms with Crippen molar-refractivity contribution >= 4 is 16.1 Å². The number of hydrogen-bond donors (Lipinski definition) is 1. The zero-order chi connectivity index (χ0) is 15.8. The van der Waals surface area contributed by atoms with E-state index in [4.69, 9.17) is 9.29 Å². The zero-order valence-electron chi connectivity index (χ0n) is 11.6. The maximum atomic E-state index is 13.1. The van der Waals surface area contributed by atoms with Crippen LogP contribution < -0.4 is 0 Å². The van der Waals surface area contributed by atoms with Gasteiger partial charge in [0.15, 0.2) is 0 Å². The van der Waals surface area contributed by atoms with E-state index in [1.54, 1.807) is 0 Å². The number of hydrogen-bond acceptors (Lipinski definition) is 4. The molecule has 5 nitrogen and oxygen atoms in total. The number of halogens is 2. The lowest BCUT2D eigenvalue weighted by atomic mass is 9.74. The van der Waals surface area contributed by atoms with Gasteiger partial charge < -0.3 is 4.74 Å². The van der Waals surface area contributed by atoms with Crippen molar-refractivity contribution in [1.29, 1.82) is 0 Å². The molecule has 0 aromatic rings. The van der Waals surface area contributed by atoms with Gasteiger partial charge in [0, 0.05) is 6.42 Å². The average molecular weight is 324 g/mol. The quantitative estimate of drug-likeness (QED) is 0.488. The van der Waals surface area contributed by atoms with Crippen LogP contribution in [-0.4, -0.2) is 30.3 Å². The minimum atomic E-state index is -5.61. The van der Waals surface area contributed by atoms with Gasteiger partial charge in [-0.1, -0.05) is 18.6 Å². The molecule has 1 fully saturated rings. The van der Waals surface area contributed by atoms with Crippen molar-refractivity contribution in [3.8, 4) is 0 Å². The molecule has 0 aliphatic heterocycles. The van der Waals surface area contributed by atoms with Crippen LogP contribution in [-0.2, 0) is 19.6 Å². The van der Waals surface area contributed by atoms with Crippen molar-refractivity contribution in [2.24, 2.45) is 11.8 Å². The second-order valence-electron chi connectivity index (χ2n) is 5.95. The first-order chi connectivity index (χ1) is 9.57. The van der Waals surface area contributed by atoms with E-state index in [1.165, 1.54) is 0 Å². The second-order valence-corrected chi connectivity index (χ2v) is 7.50. The highest BCUT2D eigenvalue weighted by molar-refractivity contribution is 7.86. The van der Waals surface area contributed by atoms with Crippen molar-refractivity contribution in [3.05, 3.63) is 11.6 Å². The van der Waals surface area contributed by atoms with E-state index in [0.717, 1.165) is 18.4 Å². The average Bonchev–Trinajstić information content (AvgIpc) is 2.23. The minimum absolute atomic E-state index is 0.369. The van der Waals surface area contributed by atoms with Crippen LogP contribution in [0.2, 0.25) is 0 Å². The summed E-state index contributed by atoms with van der Waals surface area (Å²) in [4.78, 5) is 11.5. The number of esters is 1. The van der Waals surface area contributed by atoms with Crippen LogP contribution in [0.3, 0.4) is 0 Å². The van der Waals surface area contributed by atoms with Crippen molar-refractivity contribution in [3.63, 3.8) is 0 Å². The summed E-state index contributed by atoms with van der Waals surface area (Å²) in [5.41, 5.74) is 1.16. The molecule has 1 N–H and O–H groups in total. The van der Waals surface area contributed by atoms with Crippen molar-refractivity contribution in [1.82, 2.24) is 0 Å². The Morgan fingerprint density at radius 2 is 2.10 bits per heavy atom. The van der Waals surface area contributed by atoms with Crippen LogP contribution >= 0.6 is 0 Å². The molecule has 2 bridgehead atoms. The molecule has 0 saturated heterocycles. The molecule has 2 rings (SSSR count). The fourth-order valence-corrected chi connectivity index (χ4v) is 3.47. The number of carbonyl (C=O) groups is 1. The SMILES string of the molecule is CC1C=C2CC(C1)CC(OC(=O)CC(F)(F)S(=O)(=O)O)C2. The Labute approximate surface area is 122 Å². The predicted octanol–water partition coefficient (Wildman–Crippen LogP) is 2.54.